The first-order valence-corrected chi connectivity index (χ1v) is 27.4. The van der Waals surface area contributed by atoms with Crippen LogP contribution < -0.4 is 4.40 Å². The number of fused-ring (bicyclic) bond motifs is 3. The van der Waals surface area contributed by atoms with Gasteiger partial charge in [-0.25, -0.2) is 0 Å². The van der Waals surface area contributed by atoms with Gasteiger partial charge in [-0.1, -0.05) is 126 Å². The maximum Gasteiger partial charge on any atom is 0 e. The van der Waals surface area contributed by atoms with Gasteiger partial charge in [0.2, 0.25) is 0 Å². The Morgan fingerprint density at radius 1 is 0.603 bits per heavy atom. The summed E-state index contributed by atoms with van der Waals surface area (Å²) in [5.74, 6) is 7.40. The number of furan rings is 1. The largest absolute Gasteiger partial charge is 0 e. The standard InChI is InChI=1S/C39H38NO.C14H16GeN.Ir/c1-25(26-12-9-8-10-13-26)27-18-19-40-35(22-27)34-15-11-14-33-32-17-16-28(23-36(32)41-37(33)34)29-20-30(38(2,3)4)24-31(21-29)39(5,6)7;1-15(2,3)13-9-10-14(16-11-13)12-7-5-4-6-8-12;/h8-14,16-25H,1-7H3;4-7,9-11H,1-3H3;/q2*-1;. The predicted molar refractivity (Wildman–Crippen MR) is 244 cm³/mol. The number of nitrogens with zero attached hydrogens (tertiary/aromatic N) is 2. The van der Waals surface area contributed by atoms with Gasteiger partial charge in [0.25, 0.3) is 0 Å². The zero-order valence-electron chi connectivity index (χ0n) is 35.5. The van der Waals surface area contributed by atoms with Crippen molar-refractivity contribution in [1.82, 2.24) is 9.97 Å². The summed E-state index contributed by atoms with van der Waals surface area (Å²) in [6.07, 6.45) is 3.93. The molecule has 0 amide bonds. The van der Waals surface area contributed by atoms with Crippen LogP contribution >= 0.6 is 0 Å². The summed E-state index contributed by atoms with van der Waals surface area (Å²) in [6.45, 7) is 15.9. The van der Waals surface area contributed by atoms with Gasteiger partial charge in [-0.3, -0.25) is 0 Å². The molecular formula is C53H54GeIrN2O-2. The fraction of sp³-hybridized carbons (Fsp3) is 0.245. The van der Waals surface area contributed by atoms with Gasteiger partial charge >= 0.3 is 99.8 Å². The van der Waals surface area contributed by atoms with Crippen LogP contribution in [0.1, 0.15) is 76.6 Å². The van der Waals surface area contributed by atoms with E-state index in [1.54, 1.807) is 0 Å². The molecule has 8 rings (SSSR count). The SMILES string of the molecule is CC(c1ccccc1)c1ccnc(-c2[c-]ccc3c2oc2cc(-c4cc(C(C)(C)C)cc(C(C)(C)C)c4)ccc23)c1.[CH3][Ge]([CH3])([CH3])[c]1ccc(-c2[c-]cccc2)nc1.[Ir]. The minimum absolute atomic E-state index is 0. The Kier molecular flexibility index (Phi) is 12.8. The van der Waals surface area contributed by atoms with Crippen LogP contribution in [0.15, 0.2) is 144 Å². The molecule has 1 atom stereocenters. The van der Waals surface area contributed by atoms with Crippen LogP contribution in [0.2, 0.25) is 17.3 Å². The van der Waals surface area contributed by atoms with Gasteiger partial charge in [0.05, 0.1) is 5.58 Å². The average Bonchev–Trinajstić information content (AvgIpc) is 3.59. The molecular weight excluding hydrogens is 945 g/mol. The monoisotopic (exact) mass is 1000 g/mol. The average molecular weight is 1000 g/mol. The van der Waals surface area contributed by atoms with Crippen LogP contribution in [0.3, 0.4) is 0 Å². The van der Waals surface area contributed by atoms with Crippen molar-refractivity contribution >= 4 is 39.6 Å². The molecule has 0 fully saturated rings. The summed E-state index contributed by atoms with van der Waals surface area (Å²) >= 11 is -1.72. The van der Waals surface area contributed by atoms with Crippen LogP contribution in [0, 0.1) is 12.1 Å². The van der Waals surface area contributed by atoms with E-state index in [0.29, 0.717) is 0 Å². The smallest absolute Gasteiger partial charge is 0 e. The maximum absolute atomic E-state index is 6.61. The summed E-state index contributed by atoms with van der Waals surface area (Å²) in [5, 5.41) is 2.19. The Hall–Kier alpha value is -4.61. The van der Waals surface area contributed by atoms with Gasteiger partial charge in [-0.15, -0.1) is 18.2 Å². The Labute approximate surface area is 362 Å². The predicted octanol–water partition coefficient (Wildman–Crippen LogP) is 14.0. The van der Waals surface area contributed by atoms with Gasteiger partial charge in [0.15, 0.2) is 0 Å². The number of hydrogen-bond donors (Lipinski definition) is 0. The van der Waals surface area contributed by atoms with E-state index in [2.05, 4.69) is 180 Å². The summed E-state index contributed by atoms with van der Waals surface area (Å²) in [4.78, 5) is 9.28. The van der Waals surface area contributed by atoms with Gasteiger partial charge in [0, 0.05) is 37.6 Å². The number of benzene rings is 5. The number of pyridine rings is 2. The Balaban J connectivity index is 0.000000280. The summed E-state index contributed by atoms with van der Waals surface area (Å²) in [5.41, 5.74) is 13.3. The molecule has 0 bridgehead atoms. The molecule has 0 N–H and O–H groups in total. The third-order valence-corrected chi connectivity index (χ3v) is 15.1. The molecule has 8 aromatic rings. The molecule has 0 aliphatic carbocycles. The number of rotatable bonds is 6. The molecule has 5 aromatic carbocycles. The molecule has 0 spiro atoms. The molecule has 0 aliphatic heterocycles. The van der Waals surface area contributed by atoms with Crippen molar-refractivity contribution < 1.29 is 24.5 Å². The van der Waals surface area contributed by atoms with Gasteiger partial charge in [-0.05, 0) is 62.0 Å². The van der Waals surface area contributed by atoms with Crippen LogP contribution in [0.5, 0.6) is 0 Å². The summed E-state index contributed by atoms with van der Waals surface area (Å²) in [7, 11) is 0. The topological polar surface area (TPSA) is 38.9 Å². The molecule has 58 heavy (non-hydrogen) atoms. The molecule has 3 nitrogen and oxygen atoms in total. The third kappa shape index (κ3) is 9.63. The van der Waals surface area contributed by atoms with E-state index in [1.807, 2.05) is 42.7 Å². The van der Waals surface area contributed by atoms with Crippen molar-refractivity contribution in [3.05, 3.63) is 174 Å². The zero-order valence-corrected chi connectivity index (χ0v) is 40.0. The summed E-state index contributed by atoms with van der Waals surface area (Å²) < 4.78 is 8.05. The quantitative estimate of drug-likeness (QED) is 0.123. The van der Waals surface area contributed by atoms with Gasteiger partial charge in [0.1, 0.15) is 5.58 Å². The molecule has 5 heteroatoms. The number of aromatic nitrogens is 2. The molecule has 0 aliphatic rings. The van der Waals surface area contributed by atoms with Gasteiger partial charge < -0.3 is 9.40 Å². The van der Waals surface area contributed by atoms with E-state index < -0.39 is 13.3 Å². The van der Waals surface area contributed by atoms with Crippen LogP contribution in [0.25, 0.3) is 55.6 Å². The summed E-state index contributed by atoms with van der Waals surface area (Å²) in [6, 6.07) is 51.5. The minimum atomic E-state index is -1.72. The van der Waals surface area contributed by atoms with Crippen molar-refractivity contribution in [3.63, 3.8) is 0 Å². The van der Waals surface area contributed by atoms with Crippen molar-refractivity contribution in [1.29, 1.82) is 0 Å². The molecule has 3 heterocycles. The van der Waals surface area contributed by atoms with E-state index >= 15 is 0 Å². The van der Waals surface area contributed by atoms with Crippen LogP contribution in [-0.4, -0.2) is 23.2 Å². The molecule has 0 saturated heterocycles. The van der Waals surface area contributed by atoms with Crippen molar-refractivity contribution in [2.75, 3.05) is 0 Å². The maximum atomic E-state index is 6.61. The van der Waals surface area contributed by atoms with E-state index in [1.165, 1.54) is 32.2 Å². The van der Waals surface area contributed by atoms with Crippen molar-refractivity contribution in [3.8, 4) is 33.6 Å². The second-order valence-electron chi connectivity index (χ2n) is 18.3. The van der Waals surface area contributed by atoms with Crippen LogP contribution in [0.4, 0.5) is 0 Å². The zero-order chi connectivity index (χ0) is 40.5. The molecule has 1 radical (unpaired) electrons. The number of hydrogen-bond acceptors (Lipinski definition) is 3. The minimum Gasteiger partial charge on any atom is 0 e. The van der Waals surface area contributed by atoms with Crippen LogP contribution in [-0.2, 0) is 30.9 Å². The second kappa shape index (κ2) is 17.3. The van der Waals surface area contributed by atoms with E-state index in [-0.39, 0.29) is 36.9 Å². The molecule has 0 saturated carbocycles. The van der Waals surface area contributed by atoms with E-state index in [4.69, 9.17) is 9.40 Å². The normalized spacial score (nSPS) is 12.4. The fourth-order valence-corrected chi connectivity index (χ4v) is 9.28. The fourth-order valence-electron chi connectivity index (χ4n) is 7.11. The second-order valence-corrected chi connectivity index (χ2v) is 28.9. The first-order valence-electron chi connectivity index (χ1n) is 20.0. The van der Waals surface area contributed by atoms with E-state index in [9.17, 15) is 0 Å². The first-order chi connectivity index (χ1) is 27.1. The Bertz CT molecular complexity index is 2600. The van der Waals surface area contributed by atoms with Gasteiger partial charge in [-0.2, -0.15) is 0 Å². The van der Waals surface area contributed by atoms with E-state index in [0.717, 1.165) is 50.0 Å². The van der Waals surface area contributed by atoms with Crippen molar-refractivity contribution in [2.45, 2.75) is 82.5 Å². The molecule has 297 valence electrons. The van der Waals surface area contributed by atoms with Crippen molar-refractivity contribution in [2.24, 2.45) is 0 Å². The Morgan fingerprint density at radius 2 is 1.31 bits per heavy atom. The molecule has 3 aromatic heterocycles. The Morgan fingerprint density at radius 3 is 1.93 bits per heavy atom. The third-order valence-electron chi connectivity index (χ3n) is 10.9. The first kappa shape index (κ1) is 43.0. The molecule has 1 unspecified atom stereocenters.